The van der Waals surface area contributed by atoms with Crippen molar-refractivity contribution in [1.29, 1.82) is 0 Å². The minimum absolute atomic E-state index is 0.167. The van der Waals surface area contributed by atoms with Gasteiger partial charge in [0.15, 0.2) is 0 Å². The molecule has 0 aliphatic rings. The van der Waals surface area contributed by atoms with Crippen molar-refractivity contribution in [1.82, 2.24) is 5.32 Å². The molecule has 0 saturated carbocycles. The molecule has 0 atom stereocenters. The van der Waals surface area contributed by atoms with Crippen molar-refractivity contribution in [2.75, 3.05) is 17.3 Å². The van der Waals surface area contributed by atoms with Crippen molar-refractivity contribution in [2.24, 2.45) is 0 Å². The molecule has 5 nitrogen and oxygen atoms in total. The second-order valence-electron chi connectivity index (χ2n) is 8.62. The number of hydrogen-bond acceptors (Lipinski definition) is 4. The Labute approximate surface area is 221 Å². The first-order chi connectivity index (χ1) is 17.9. The first-order valence-electron chi connectivity index (χ1n) is 11.9. The molecule has 4 aromatic carbocycles. The van der Waals surface area contributed by atoms with Crippen LogP contribution in [-0.2, 0) is 11.3 Å². The zero-order valence-corrected chi connectivity index (χ0v) is 21.6. The summed E-state index contributed by atoms with van der Waals surface area (Å²) in [6, 6.07) is 30.3. The lowest BCUT2D eigenvalue weighted by atomic mass is 10.0. The maximum Gasteiger partial charge on any atom is 0.255 e. The van der Waals surface area contributed by atoms with E-state index in [1.165, 1.54) is 4.90 Å². The molecule has 6 heteroatoms. The summed E-state index contributed by atoms with van der Waals surface area (Å²) >= 11 is 1.68. The average Bonchev–Trinajstić information content (AvgIpc) is 2.93. The molecule has 4 aromatic rings. The van der Waals surface area contributed by atoms with Gasteiger partial charge in [0.1, 0.15) is 0 Å². The molecule has 37 heavy (non-hydrogen) atoms. The predicted octanol–water partition coefficient (Wildman–Crippen LogP) is 6.41. The number of rotatable bonds is 8. The Balaban J connectivity index is 1.46. The summed E-state index contributed by atoms with van der Waals surface area (Å²) in [5.41, 5.74) is 11.9. The Morgan fingerprint density at radius 3 is 2.14 bits per heavy atom. The number of thioether (sulfide) groups is 1. The molecule has 4 N–H and O–H groups in total. The maximum absolute atomic E-state index is 13.3. The van der Waals surface area contributed by atoms with Gasteiger partial charge in [-0.2, -0.15) is 0 Å². The summed E-state index contributed by atoms with van der Waals surface area (Å²) in [6.45, 7) is 2.36. The van der Waals surface area contributed by atoms with Gasteiger partial charge >= 0.3 is 0 Å². The van der Waals surface area contributed by atoms with E-state index in [-0.39, 0.29) is 11.8 Å². The molecule has 0 saturated heterocycles. The van der Waals surface area contributed by atoms with Crippen molar-refractivity contribution in [3.8, 4) is 0 Å². The van der Waals surface area contributed by atoms with Crippen LogP contribution in [0, 0.1) is 6.92 Å². The summed E-state index contributed by atoms with van der Waals surface area (Å²) in [5.74, 6) is -0.412. The van der Waals surface area contributed by atoms with Gasteiger partial charge in [-0.15, -0.1) is 11.8 Å². The standard InChI is InChI=1S/C31H29N3O2S/c1-21-7-13-24(14-8-21)27(19-22-11-17-26(37-2)18-12-22)31(36)33-20-23-9-15-25(16-10-23)30(35)34-29-6-4-3-5-28(29)32/h3-19H,20,32H2,1-2H3,(H,33,36)(H,34,35)/b27-19+. The number of carbonyl (C=O) groups excluding carboxylic acids is 2. The number of nitrogen functional groups attached to an aromatic ring is 1. The molecule has 4 rings (SSSR count). The molecular formula is C31H29N3O2S. The van der Waals surface area contributed by atoms with Gasteiger partial charge in [0, 0.05) is 22.6 Å². The number of anilines is 2. The van der Waals surface area contributed by atoms with E-state index in [0.29, 0.717) is 29.1 Å². The van der Waals surface area contributed by atoms with E-state index in [4.69, 9.17) is 5.73 Å². The third-order valence-electron chi connectivity index (χ3n) is 5.91. The average molecular weight is 508 g/mol. The number of carbonyl (C=O) groups is 2. The highest BCUT2D eigenvalue weighted by atomic mass is 32.2. The van der Waals surface area contributed by atoms with Gasteiger partial charge in [-0.05, 0) is 72.3 Å². The van der Waals surface area contributed by atoms with Gasteiger partial charge in [0.05, 0.1) is 11.4 Å². The highest BCUT2D eigenvalue weighted by Crippen LogP contribution is 2.22. The zero-order valence-electron chi connectivity index (χ0n) is 20.8. The van der Waals surface area contributed by atoms with Crippen molar-refractivity contribution in [2.45, 2.75) is 18.4 Å². The summed E-state index contributed by atoms with van der Waals surface area (Å²) in [4.78, 5) is 27.0. The third-order valence-corrected chi connectivity index (χ3v) is 6.66. The topological polar surface area (TPSA) is 84.2 Å². The van der Waals surface area contributed by atoms with E-state index in [1.54, 1.807) is 36.0 Å². The SMILES string of the molecule is CSc1ccc(/C=C(/C(=O)NCc2ccc(C(=O)Nc3ccccc3N)cc2)c2ccc(C)cc2)cc1. The molecular weight excluding hydrogens is 478 g/mol. The first kappa shape index (κ1) is 25.8. The maximum atomic E-state index is 13.3. The minimum Gasteiger partial charge on any atom is -0.397 e. The van der Waals surface area contributed by atoms with Crippen LogP contribution in [0.25, 0.3) is 11.6 Å². The molecule has 0 aliphatic heterocycles. The van der Waals surface area contributed by atoms with E-state index in [0.717, 1.165) is 22.3 Å². The van der Waals surface area contributed by atoms with Gasteiger partial charge in [-0.3, -0.25) is 9.59 Å². The molecule has 0 bridgehead atoms. The molecule has 0 spiro atoms. The second kappa shape index (κ2) is 12.1. The highest BCUT2D eigenvalue weighted by Gasteiger charge is 2.13. The number of nitrogens with two attached hydrogens (primary N) is 1. The summed E-state index contributed by atoms with van der Waals surface area (Å²) in [6.07, 6.45) is 3.95. The molecule has 186 valence electrons. The Morgan fingerprint density at radius 1 is 0.838 bits per heavy atom. The first-order valence-corrected chi connectivity index (χ1v) is 13.1. The second-order valence-corrected chi connectivity index (χ2v) is 9.50. The van der Waals surface area contributed by atoms with Crippen LogP contribution in [0.4, 0.5) is 11.4 Å². The molecule has 0 heterocycles. The lowest BCUT2D eigenvalue weighted by Gasteiger charge is -2.11. The fraction of sp³-hybridized carbons (Fsp3) is 0.0968. The number of benzene rings is 4. The van der Waals surface area contributed by atoms with E-state index >= 15 is 0 Å². The number of hydrogen-bond donors (Lipinski definition) is 3. The number of amides is 2. The molecule has 0 aliphatic carbocycles. The monoisotopic (exact) mass is 507 g/mol. The predicted molar refractivity (Wildman–Crippen MR) is 154 cm³/mol. The number of aryl methyl sites for hydroxylation is 1. The van der Waals surface area contributed by atoms with Crippen LogP contribution in [0.2, 0.25) is 0 Å². The van der Waals surface area contributed by atoms with Crippen LogP contribution in [0.1, 0.15) is 32.6 Å². The van der Waals surface area contributed by atoms with E-state index < -0.39 is 0 Å². The number of nitrogens with one attached hydrogen (secondary N) is 2. The Kier molecular flexibility index (Phi) is 8.44. The van der Waals surface area contributed by atoms with Crippen molar-refractivity contribution in [3.05, 3.63) is 125 Å². The Morgan fingerprint density at radius 2 is 1.49 bits per heavy atom. The van der Waals surface area contributed by atoms with E-state index in [9.17, 15) is 9.59 Å². The summed E-state index contributed by atoms with van der Waals surface area (Å²) in [5, 5.41) is 5.84. The van der Waals surface area contributed by atoms with Crippen LogP contribution in [0.5, 0.6) is 0 Å². The van der Waals surface area contributed by atoms with Crippen LogP contribution in [-0.4, -0.2) is 18.1 Å². The molecule has 0 aromatic heterocycles. The lowest BCUT2D eigenvalue weighted by molar-refractivity contribution is -0.115. The largest absolute Gasteiger partial charge is 0.397 e. The van der Waals surface area contributed by atoms with Crippen LogP contribution in [0.3, 0.4) is 0 Å². The van der Waals surface area contributed by atoms with Crippen LogP contribution < -0.4 is 16.4 Å². The van der Waals surface area contributed by atoms with Gasteiger partial charge < -0.3 is 16.4 Å². The van der Waals surface area contributed by atoms with Gasteiger partial charge in [0.25, 0.3) is 11.8 Å². The lowest BCUT2D eigenvalue weighted by Crippen LogP contribution is -2.24. The van der Waals surface area contributed by atoms with Crippen LogP contribution >= 0.6 is 11.8 Å². The summed E-state index contributed by atoms with van der Waals surface area (Å²) < 4.78 is 0. The van der Waals surface area contributed by atoms with Crippen molar-refractivity contribution in [3.63, 3.8) is 0 Å². The van der Waals surface area contributed by atoms with Crippen LogP contribution in [0.15, 0.2) is 102 Å². The minimum atomic E-state index is -0.245. The molecule has 2 amide bonds. The Hall–Kier alpha value is -4.29. The highest BCUT2D eigenvalue weighted by molar-refractivity contribution is 7.98. The number of para-hydroxylation sites is 2. The van der Waals surface area contributed by atoms with Gasteiger partial charge in [0.2, 0.25) is 0 Å². The third kappa shape index (κ3) is 6.90. The quantitative estimate of drug-likeness (QED) is 0.111. The van der Waals surface area contributed by atoms with Gasteiger partial charge in [-0.25, -0.2) is 0 Å². The zero-order chi connectivity index (χ0) is 26.2. The normalized spacial score (nSPS) is 11.1. The fourth-order valence-electron chi connectivity index (χ4n) is 3.74. The molecule has 0 fully saturated rings. The molecule has 0 unspecified atom stereocenters. The van der Waals surface area contributed by atoms with Gasteiger partial charge in [-0.1, -0.05) is 66.2 Å². The fourth-order valence-corrected chi connectivity index (χ4v) is 4.15. The smallest absolute Gasteiger partial charge is 0.255 e. The van der Waals surface area contributed by atoms with Crippen molar-refractivity contribution >= 4 is 46.6 Å². The van der Waals surface area contributed by atoms with E-state index in [1.807, 2.05) is 92.1 Å². The Bertz CT molecular complexity index is 1410. The van der Waals surface area contributed by atoms with Crippen molar-refractivity contribution < 1.29 is 9.59 Å². The molecule has 0 radical (unpaired) electrons. The summed E-state index contributed by atoms with van der Waals surface area (Å²) in [7, 11) is 0. The van der Waals surface area contributed by atoms with E-state index in [2.05, 4.69) is 10.6 Å².